The van der Waals surface area contributed by atoms with E-state index in [2.05, 4.69) is 5.32 Å². The van der Waals surface area contributed by atoms with E-state index in [1.165, 1.54) is 12.1 Å². The van der Waals surface area contributed by atoms with Crippen LogP contribution in [-0.2, 0) is 9.53 Å². The fourth-order valence-electron chi connectivity index (χ4n) is 3.21. The molecule has 7 nitrogen and oxygen atoms in total. The van der Waals surface area contributed by atoms with Crippen molar-refractivity contribution in [2.75, 3.05) is 18.0 Å². The fraction of sp³-hybridized carbons (Fsp3) is 0.550. The molecule has 1 aliphatic rings. The Morgan fingerprint density at radius 3 is 2.79 bits per heavy atom. The average molecular weight is 390 g/mol. The van der Waals surface area contributed by atoms with Gasteiger partial charge < -0.3 is 20.7 Å². The molecule has 1 aliphatic heterocycles. The minimum absolute atomic E-state index is 0.0139. The highest BCUT2D eigenvalue weighted by molar-refractivity contribution is 5.83. The van der Waals surface area contributed by atoms with Gasteiger partial charge in [-0.15, -0.1) is 0 Å². The predicted octanol–water partition coefficient (Wildman–Crippen LogP) is 2.68. The topological polar surface area (TPSA) is 108 Å². The number of amides is 2. The summed E-state index contributed by atoms with van der Waals surface area (Å²) in [6.45, 7) is 7.22. The Labute approximate surface area is 164 Å². The highest BCUT2D eigenvalue weighted by Crippen LogP contribution is 2.26. The molecule has 2 amide bonds. The number of rotatable bonds is 6. The molecule has 1 fully saturated rings. The van der Waals surface area contributed by atoms with Crippen LogP contribution >= 0.6 is 0 Å². The first kappa shape index (κ1) is 21.5. The lowest BCUT2D eigenvalue weighted by Gasteiger charge is -2.24. The number of benzene rings is 1. The van der Waals surface area contributed by atoms with Crippen molar-refractivity contribution in [2.45, 2.75) is 52.2 Å². The molecule has 0 unspecified atom stereocenters. The van der Waals surface area contributed by atoms with Gasteiger partial charge in [0.15, 0.2) is 6.10 Å². The molecule has 28 heavy (non-hydrogen) atoms. The van der Waals surface area contributed by atoms with Gasteiger partial charge in [0.2, 0.25) is 0 Å². The summed E-state index contributed by atoms with van der Waals surface area (Å²) in [5, 5.41) is 12.1. The van der Waals surface area contributed by atoms with Crippen molar-refractivity contribution in [1.82, 2.24) is 5.32 Å². The van der Waals surface area contributed by atoms with Crippen molar-refractivity contribution in [3.8, 4) is 6.07 Å². The van der Waals surface area contributed by atoms with Gasteiger partial charge in [-0.25, -0.2) is 9.18 Å². The van der Waals surface area contributed by atoms with Crippen molar-refractivity contribution in [1.29, 1.82) is 5.26 Å². The van der Waals surface area contributed by atoms with Crippen LogP contribution in [0, 0.1) is 22.6 Å². The number of nitrogens with zero attached hydrogens (tertiary/aromatic N) is 2. The van der Waals surface area contributed by atoms with Crippen LogP contribution in [0.5, 0.6) is 0 Å². The summed E-state index contributed by atoms with van der Waals surface area (Å²) in [6.07, 6.45) is -0.184. The van der Waals surface area contributed by atoms with Crippen LogP contribution < -0.4 is 16.0 Å². The highest BCUT2D eigenvalue weighted by atomic mass is 19.1. The fourth-order valence-corrected chi connectivity index (χ4v) is 3.21. The maximum Gasteiger partial charge on any atom is 0.405 e. The quantitative estimate of drug-likeness (QED) is 0.776. The number of nitrogens with one attached hydrogen (secondary N) is 1. The summed E-state index contributed by atoms with van der Waals surface area (Å²) in [7, 11) is 0. The normalized spacial score (nSPS) is 17.7. The molecule has 2 atom stereocenters. The molecular formula is C20H27FN4O3. The van der Waals surface area contributed by atoms with Crippen LogP contribution in [0.25, 0.3) is 0 Å². The zero-order valence-corrected chi connectivity index (χ0v) is 16.5. The molecule has 0 aromatic heterocycles. The summed E-state index contributed by atoms with van der Waals surface area (Å²) < 4.78 is 18.3. The third kappa shape index (κ3) is 6.12. The van der Waals surface area contributed by atoms with E-state index >= 15 is 0 Å². The van der Waals surface area contributed by atoms with Crippen LogP contribution in [0.2, 0.25) is 0 Å². The predicted molar refractivity (Wildman–Crippen MR) is 103 cm³/mol. The first-order valence-electron chi connectivity index (χ1n) is 9.30. The van der Waals surface area contributed by atoms with E-state index in [-0.39, 0.29) is 22.9 Å². The molecule has 0 spiro atoms. The summed E-state index contributed by atoms with van der Waals surface area (Å²) in [6, 6.07) is 5.91. The van der Waals surface area contributed by atoms with Crippen molar-refractivity contribution in [2.24, 2.45) is 11.1 Å². The van der Waals surface area contributed by atoms with E-state index in [0.717, 1.165) is 0 Å². The zero-order chi connectivity index (χ0) is 20.9. The molecule has 8 heteroatoms. The van der Waals surface area contributed by atoms with E-state index in [9.17, 15) is 19.2 Å². The molecule has 0 aliphatic carbocycles. The molecule has 1 saturated heterocycles. The number of nitrogens with two attached hydrogens (primary N) is 1. The van der Waals surface area contributed by atoms with Gasteiger partial charge in [-0.2, -0.15) is 5.26 Å². The minimum Gasteiger partial charge on any atom is -0.436 e. The Morgan fingerprint density at radius 1 is 1.46 bits per heavy atom. The third-order valence-electron chi connectivity index (χ3n) is 4.66. The molecule has 0 bridgehead atoms. The Balaban J connectivity index is 2.00. The summed E-state index contributed by atoms with van der Waals surface area (Å²) in [4.78, 5) is 25.7. The van der Waals surface area contributed by atoms with Gasteiger partial charge in [-0.05, 0) is 42.9 Å². The molecule has 1 aromatic rings. The largest absolute Gasteiger partial charge is 0.436 e. The van der Waals surface area contributed by atoms with Gasteiger partial charge in [-0.1, -0.05) is 20.8 Å². The molecule has 0 radical (unpaired) electrons. The van der Waals surface area contributed by atoms with Crippen molar-refractivity contribution in [3.63, 3.8) is 0 Å². The Kier molecular flexibility index (Phi) is 6.84. The number of anilines is 1. The van der Waals surface area contributed by atoms with Gasteiger partial charge in [0.25, 0.3) is 5.91 Å². The standard InChI is InChI=1S/C20H27FN4O3/c1-20(2,3)8-6-17(28-19(23)27)18(26)24-15-7-9-25(12-15)16-5-4-14(21)10-13(16)11-22/h4-5,10,15,17H,6-9,12H2,1-3H3,(H2,23,27)(H,24,26)/t15-,17-/m0/s1. The number of hydrogen-bond acceptors (Lipinski definition) is 5. The lowest BCUT2D eigenvalue weighted by atomic mass is 9.89. The number of carbonyl (C=O) groups is 2. The molecule has 1 aromatic carbocycles. The number of halogens is 1. The Morgan fingerprint density at radius 2 is 2.18 bits per heavy atom. The van der Waals surface area contributed by atoms with Crippen LogP contribution in [0.4, 0.5) is 14.9 Å². The van der Waals surface area contributed by atoms with E-state index in [4.69, 9.17) is 10.5 Å². The SMILES string of the molecule is CC(C)(C)CC[C@H](OC(N)=O)C(=O)N[C@H]1CCN(c2ccc(F)cc2C#N)C1. The van der Waals surface area contributed by atoms with E-state index in [1.807, 2.05) is 31.7 Å². The first-order valence-corrected chi connectivity index (χ1v) is 9.30. The first-order chi connectivity index (χ1) is 13.1. The summed E-state index contributed by atoms with van der Waals surface area (Å²) in [5.41, 5.74) is 5.99. The molecule has 3 N–H and O–H groups in total. The Bertz CT molecular complexity index is 770. The number of nitriles is 1. The molecule has 152 valence electrons. The zero-order valence-electron chi connectivity index (χ0n) is 16.5. The lowest BCUT2D eigenvalue weighted by molar-refractivity contribution is -0.130. The maximum atomic E-state index is 13.3. The molecule has 0 saturated carbocycles. The van der Waals surface area contributed by atoms with E-state index in [0.29, 0.717) is 38.0 Å². The van der Waals surface area contributed by atoms with Gasteiger partial charge in [0.1, 0.15) is 11.9 Å². The van der Waals surface area contributed by atoms with E-state index < -0.39 is 18.0 Å². The summed E-state index contributed by atoms with van der Waals surface area (Å²) in [5.74, 6) is -0.843. The monoisotopic (exact) mass is 390 g/mol. The number of ether oxygens (including phenoxy) is 1. The van der Waals surface area contributed by atoms with Crippen LogP contribution in [0.1, 0.15) is 45.6 Å². The average Bonchev–Trinajstić information content (AvgIpc) is 3.05. The second-order valence-electron chi connectivity index (χ2n) is 8.24. The van der Waals surface area contributed by atoms with E-state index in [1.54, 1.807) is 6.07 Å². The minimum atomic E-state index is -0.980. The van der Waals surface area contributed by atoms with Gasteiger partial charge in [-0.3, -0.25) is 4.79 Å². The van der Waals surface area contributed by atoms with Gasteiger partial charge in [0, 0.05) is 19.1 Å². The molecule has 1 heterocycles. The number of carbonyl (C=O) groups excluding carboxylic acids is 2. The molecular weight excluding hydrogens is 363 g/mol. The summed E-state index contributed by atoms with van der Waals surface area (Å²) >= 11 is 0. The van der Waals surface area contributed by atoms with Crippen LogP contribution in [0.3, 0.4) is 0 Å². The second kappa shape index (κ2) is 8.91. The number of primary amides is 1. The van der Waals surface area contributed by atoms with Crippen molar-refractivity contribution < 1.29 is 18.7 Å². The number of hydrogen-bond donors (Lipinski definition) is 2. The third-order valence-corrected chi connectivity index (χ3v) is 4.66. The molecule has 2 rings (SSSR count). The smallest absolute Gasteiger partial charge is 0.405 e. The Hall–Kier alpha value is -2.82. The van der Waals surface area contributed by atoms with Crippen LogP contribution in [0.15, 0.2) is 18.2 Å². The van der Waals surface area contributed by atoms with Crippen molar-refractivity contribution >= 4 is 17.7 Å². The highest BCUT2D eigenvalue weighted by Gasteiger charge is 2.30. The second-order valence-corrected chi connectivity index (χ2v) is 8.24. The maximum absolute atomic E-state index is 13.3. The lowest BCUT2D eigenvalue weighted by Crippen LogP contribution is -2.45. The van der Waals surface area contributed by atoms with Gasteiger partial charge in [0.05, 0.1) is 11.3 Å². The van der Waals surface area contributed by atoms with Gasteiger partial charge >= 0.3 is 6.09 Å². The van der Waals surface area contributed by atoms with Crippen LogP contribution in [-0.4, -0.2) is 37.2 Å². The van der Waals surface area contributed by atoms with Crippen molar-refractivity contribution in [3.05, 3.63) is 29.6 Å².